The lowest BCUT2D eigenvalue weighted by Crippen LogP contribution is -2.11. The molecule has 1 unspecified atom stereocenters. The summed E-state index contributed by atoms with van der Waals surface area (Å²) >= 11 is 0. The van der Waals surface area contributed by atoms with Gasteiger partial charge in [-0.05, 0) is 165 Å². The van der Waals surface area contributed by atoms with Crippen molar-refractivity contribution >= 4 is 72.9 Å². The maximum atomic E-state index is 9.69. The number of fused-ring (bicyclic) bond motifs is 6. The van der Waals surface area contributed by atoms with E-state index >= 15 is 0 Å². The van der Waals surface area contributed by atoms with Crippen LogP contribution in [0.3, 0.4) is 0 Å². The Labute approximate surface area is 403 Å². The highest BCUT2D eigenvalue weighted by Crippen LogP contribution is 2.43. The highest BCUT2D eigenvalue weighted by Gasteiger charge is 2.24. The van der Waals surface area contributed by atoms with Crippen LogP contribution in [-0.2, 0) is 6.42 Å². The molecule has 10 aromatic rings. The van der Waals surface area contributed by atoms with Gasteiger partial charge in [0.05, 0.1) is 40.3 Å². The molecule has 0 radical (unpaired) electrons. The number of hydrogen-bond donors (Lipinski definition) is 0. The standard InChI is InChI=1S/C63H48N6/c1-3-5-13-48(4-2)68-60-18-11-9-16-56(60)58-40-54(36-38-62(58)68)66(50-28-20-44(42-64)21-29-50)52-32-24-46(25-33-52)47-26-34-53(35-27-47)67(51-30-22-45(43-65)23-31-51)55-37-39-63-59(41-55)57-17-10-12-19-61(57)69(63)49-14-7-6-8-15-49/h3-10,12,14-17,19-41,48H,2,11,13,18H2,1H3/b5-3-. The van der Waals surface area contributed by atoms with Gasteiger partial charge in [-0.1, -0.05) is 91.0 Å². The molecule has 0 amide bonds. The van der Waals surface area contributed by atoms with Gasteiger partial charge in [0.1, 0.15) is 0 Å². The molecule has 2 heterocycles. The largest absolute Gasteiger partial charge is 0.337 e. The van der Waals surface area contributed by atoms with Gasteiger partial charge in [-0.3, -0.25) is 0 Å². The molecule has 0 saturated carbocycles. The van der Waals surface area contributed by atoms with Gasteiger partial charge in [-0.15, -0.1) is 6.58 Å². The molecule has 0 bridgehead atoms. The van der Waals surface area contributed by atoms with Gasteiger partial charge in [-0.2, -0.15) is 10.5 Å². The van der Waals surface area contributed by atoms with Crippen LogP contribution in [0.5, 0.6) is 0 Å². The minimum atomic E-state index is 0.156. The molecular formula is C63H48N6. The van der Waals surface area contributed by atoms with Crippen LogP contribution in [0.25, 0.3) is 55.6 Å². The second kappa shape index (κ2) is 18.3. The molecule has 6 heteroatoms. The van der Waals surface area contributed by atoms with Crippen molar-refractivity contribution in [3.8, 4) is 29.0 Å². The zero-order chi connectivity index (χ0) is 46.8. The Hall–Kier alpha value is -9.10. The maximum absolute atomic E-state index is 9.69. The van der Waals surface area contributed by atoms with Crippen LogP contribution in [0.2, 0.25) is 0 Å². The zero-order valence-electron chi connectivity index (χ0n) is 38.4. The van der Waals surface area contributed by atoms with E-state index in [1.54, 1.807) is 0 Å². The summed E-state index contributed by atoms with van der Waals surface area (Å²) in [6.07, 6.45) is 13.9. The van der Waals surface area contributed by atoms with Gasteiger partial charge >= 0.3 is 0 Å². The van der Waals surface area contributed by atoms with Crippen molar-refractivity contribution in [1.82, 2.24) is 9.13 Å². The molecule has 2 aromatic heterocycles. The van der Waals surface area contributed by atoms with E-state index in [4.69, 9.17) is 0 Å². The molecule has 0 N–H and O–H groups in total. The molecule has 0 saturated heterocycles. The molecule has 69 heavy (non-hydrogen) atoms. The summed E-state index contributed by atoms with van der Waals surface area (Å²) < 4.78 is 4.82. The maximum Gasteiger partial charge on any atom is 0.0991 e. The number of benzene rings is 8. The minimum absolute atomic E-state index is 0.156. The predicted octanol–water partition coefficient (Wildman–Crippen LogP) is 16.7. The van der Waals surface area contributed by atoms with Gasteiger partial charge in [0.25, 0.3) is 0 Å². The molecule has 0 aliphatic heterocycles. The summed E-state index contributed by atoms with van der Waals surface area (Å²) in [5.41, 5.74) is 16.7. The average molecular weight is 889 g/mol. The Balaban J connectivity index is 0.960. The molecule has 6 nitrogen and oxygen atoms in total. The van der Waals surface area contributed by atoms with Gasteiger partial charge < -0.3 is 18.9 Å². The normalized spacial score (nSPS) is 12.5. The van der Waals surface area contributed by atoms with Crippen LogP contribution in [0.4, 0.5) is 34.1 Å². The van der Waals surface area contributed by atoms with Crippen molar-refractivity contribution in [2.45, 2.75) is 32.2 Å². The van der Waals surface area contributed by atoms with Crippen molar-refractivity contribution in [3.63, 3.8) is 0 Å². The summed E-state index contributed by atoms with van der Waals surface area (Å²) in [5, 5.41) is 22.9. The molecule has 8 aromatic carbocycles. The molecule has 11 rings (SSSR count). The van der Waals surface area contributed by atoms with Crippen LogP contribution in [0.1, 0.15) is 48.2 Å². The minimum Gasteiger partial charge on any atom is -0.337 e. The number of aromatic nitrogens is 2. The summed E-state index contributed by atoms with van der Waals surface area (Å²) in [6.45, 7) is 6.32. The van der Waals surface area contributed by atoms with E-state index in [1.165, 1.54) is 27.5 Å². The van der Waals surface area contributed by atoms with E-state index in [9.17, 15) is 10.5 Å². The van der Waals surface area contributed by atoms with Gasteiger partial charge in [0, 0.05) is 72.7 Å². The number of anilines is 6. The van der Waals surface area contributed by atoms with Crippen LogP contribution in [0, 0.1) is 22.7 Å². The number of hydrogen-bond acceptors (Lipinski definition) is 4. The molecule has 1 aliphatic carbocycles. The van der Waals surface area contributed by atoms with Crippen molar-refractivity contribution in [3.05, 3.63) is 241 Å². The van der Waals surface area contributed by atoms with Gasteiger partial charge in [0.2, 0.25) is 0 Å². The second-order valence-corrected chi connectivity index (χ2v) is 17.5. The fourth-order valence-corrected chi connectivity index (χ4v) is 10.2. The third-order valence-corrected chi connectivity index (χ3v) is 13.5. The number of nitrogens with zero attached hydrogens (tertiary/aromatic N) is 6. The summed E-state index contributed by atoms with van der Waals surface area (Å²) in [6, 6.07) is 70.4. The predicted molar refractivity (Wildman–Crippen MR) is 287 cm³/mol. The Morgan fingerprint density at radius 2 is 1.07 bits per heavy atom. The fraction of sp³-hybridized carbons (Fsp3) is 0.0794. The first-order chi connectivity index (χ1) is 34.0. The average Bonchev–Trinajstić information content (AvgIpc) is 3.92. The van der Waals surface area contributed by atoms with E-state index in [2.05, 4.69) is 214 Å². The van der Waals surface area contributed by atoms with E-state index in [1.807, 2.05) is 48.5 Å². The van der Waals surface area contributed by atoms with Crippen molar-refractivity contribution in [1.29, 1.82) is 10.5 Å². The first kappa shape index (κ1) is 42.5. The molecule has 330 valence electrons. The fourth-order valence-electron chi connectivity index (χ4n) is 10.2. The van der Waals surface area contributed by atoms with Crippen LogP contribution in [-0.4, -0.2) is 9.13 Å². The second-order valence-electron chi connectivity index (χ2n) is 17.5. The number of rotatable bonds is 12. The highest BCUT2D eigenvalue weighted by molar-refractivity contribution is 6.10. The van der Waals surface area contributed by atoms with Crippen molar-refractivity contribution in [2.24, 2.45) is 0 Å². The number of para-hydroxylation sites is 2. The Morgan fingerprint density at radius 1 is 0.565 bits per heavy atom. The highest BCUT2D eigenvalue weighted by atomic mass is 15.1. The van der Waals surface area contributed by atoms with Gasteiger partial charge in [-0.25, -0.2) is 0 Å². The van der Waals surface area contributed by atoms with E-state index < -0.39 is 0 Å². The van der Waals surface area contributed by atoms with E-state index in [0.717, 1.165) is 86.6 Å². The lowest BCUT2D eigenvalue weighted by atomic mass is 10.0. The lowest BCUT2D eigenvalue weighted by Gasteiger charge is -2.26. The molecule has 1 atom stereocenters. The van der Waals surface area contributed by atoms with E-state index in [-0.39, 0.29) is 6.04 Å². The first-order valence-electron chi connectivity index (χ1n) is 23.5. The zero-order valence-corrected chi connectivity index (χ0v) is 38.4. The molecule has 0 fully saturated rings. The quantitative estimate of drug-likeness (QED) is 0.115. The summed E-state index contributed by atoms with van der Waals surface area (Å²) in [4.78, 5) is 4.54. The van der Waals surface area contributed by atoms with Crippen LogP contribution in [0.15, 0.2) is 219 Å². The summed E-state index contributed by atoms with van der Waals surface area (Å²) in [7, 11) is 0. The number of nitriles is 2. The van der Waals surface area contributed by atoms with Crippen LogP contribution < -0.4 is 9.80 Å². The Kier molecular flexibility index (Phi) is 11.3. The van der Waals surface area contributed by atoms with Gasteiger partial charge in [0.15, 0.2) is 0 Å². The van der Waals surface area contributed by atoms with Crippen LogP contribution >= 0.6 is 0 Å². The molecule has 1 aliphatic rings. The van der Waals surface area contributed by atoms with Crippen molar-refractivity contribution in [2.75, 3.05) is 9.80 Å². The smallest absolute Gasteiger partial charge is 0.0991 e. The monoisotopic (exact) mass is 888 g/mol. The first-order valence-corrected chi connectivity index (χ1v) is 23.5. The van der Waals surface area contributed by atoms with Crippen molar-refractivity contribution < 1.29 is 0 Å². The Bertz CT molecular complexity index is 3670. The third kappa shape index (κ3) is 7.75. The van der Waals surface area contributed by atoms with E-state index in [0.29, 0.717) is 11.1 Å². The number of allylic oxidation sites excluding steroid dienone is 4. The SMILES string of the molecule is C=CC(C/C=C\C)n1c2c(c3cc(N(c4ccc(C#N)cc4)c4ccc(-c5ccc(N(c6ccc(C#N)cc6)c6ccc7c(c6)c6ccccc6n7-c6ccccc6)cc5)cc4)ccc31)C=CCC2. The molecule has 0 spiro atoms. The summed E-state index contributed by atoms with van der Waals surface area (Å²) in [5.74, 6) is 0. The molecular weight excluding hydrogens is 841 g/mol. The third-order valence-electron chi connectivity index (χ3n) is 13.5. The lowest BCUT2D eigenvalue weighted by molar-refractivity contribution is 0.603. The Morgan fingerprint density at radius 3 is 1.64 bits per heavy atom. The topological polar surface area (TPSA) is 63.9 Å².